The largest absolute Gasteiger partial charge is 0.465 e. The maximum Gasteiger partial charge on any atom is 0.270 e. The lowest BCUT2D eigenvalue weighted by Gasteiger charge is -2.31. The van der Waals surface area contributed by atoms with Crippen molar-refractivity contribution in [3.05, 3.63) is 95.6 Å². The first-order valence-corrected chi connectivity index (χ1v) is 10.9. The fourth-order valence-electron chi connectivity index (χ4n) is 3.74. The molecule has 0 unspecified atom stereocenters. The topological polar surface area (TPSA) is 75.0 Å². The zero-order valence-corrected chi connectivity index (χ0v) is 18.6. The first-order valence-electron chi connectivity index (χ1n) is 10.9. The Bertz CT molecular complexity index is 1100. The third-order valence-electron chi connectivity index (χ3n) is 5.44. The molecule has 2 aromatic carbocycles. The number of para-hydroxylation sites is 1. The van der Waals surface area contributed by atoms with Crippen LogP contribution in [0.4, 0.5) is 5.69 Å². The summed E-state index contributed by atoms with van der Waals surface area (Å²) in [6.45, 7) is 3.38. The van der Waals surface area contributed by atoms with Gasteiger partial charge in [-0.05, 0) is 35.9 Å². The van der Waals surface area contributed by atoms with E-state index in [2.05, 4.69) is 16.3 Å². The van der Waals surface area contributed by atoms with Crippen LogP contribution in [0.15, 0.2) is 83.1 Å². The number of carbonyl (C=O) groups is 2. The number of likely N-dealkylation sites (N-methyl/N-ethyl adjacent to an activating group) is 1. The van der Waals surface area contributed by atoms with E-state index >= 15 is 0 Å². The molecule has 1 aliphatic heterocycles. The first kappa shape index (κ1) is 22.4. The normalized spacial score (nSPS) is 14.1. The Balaban J connectivity index is 1.54. The molecular weight excluding hydrogens is 418 g/mol. The van der Waals surface area contributed by atoms with Crippen molar-refractivity contribution < 1.29 is 18.7 Å². The van der Waals surface area contributed by atoms with Gasteiger partial charge in [-0.1, -0.05) is 36.4 Å². The number of nitrogens with zero attached hydrogens (tertiary/aromatic N) is 2. The minimum absolute atomic E-state index is 0.144. The summed E-state index contributed by atoms with van der Waals surface area (Å²) in [5.41, 5.74) is 2.73. The van der Waals surface area contributed by atoms with E-state index < -0.39 is 0 Å². The van der Waals surface area contributed by atoms with Crippen molar-refractivity contribution >= 4 is 23.6 Å². The average Bonchev–Trinajstić information content (AvgIpc) is 3.38. The number of carbonyl (C=O) groups excluding carboxylic acids is 2. The number of morpholine rings is 1. The van der Waals surface area contributed by atoms with Crippen LogP contribution in [0.25, 0.3) is 6.08 Å². The summed E-state index contributed by atoms with van der Waals surface area (Å²) in [5.74, 6) is -0.190. The minimum Gasteiger partial charge on any atom is -0.465 e. The Labute approximate surface area is 193 Å². The molecule has 33 heavy (non-hydrogen) atoms. The van der Waals surface area contributed by atoms with Crippen LogP contribution >= 0.6 is 0 Å². The Kier molecular flexibility index (Phi) is 7.22. The summed E-state index contributed by atoms with van der Waals surface area (Å²) in [6, 6.07) is 20.3. The fraction of sp³-hybridized carbons (Fsp3) is 0.231. The van der Waals surface area contributed by atoms with Gasteiger partial charge in [0.1, 0.15) is 11.5 Å². The summed E-state index contributed by atoms with van der Waals surface area (Å²) < 4.78 is 10.9. The van der Waals surface area contributed by atoms with Crippen LogP contribution < -0.4 is 10.2 Å². The molecule has 0 aliphatic carbocycles. The van der Waals surface area contributed by atoms with Crippen LogP contribution in [0.2, 0.25) is 0 Å². The Morgan fingerprint density at radius 2 is 1.73 bits per heavy atom. The molecule has 7 heteroatoms. The van der Waals surface area contributed by atoms with Crippen molar-refractivity contribution in [1.29, 1.82) is 0 Å². The number of ether oxygens (including phenoxy) is 1. The van der Waals surface area contributed by atoms with Gasteiger partial charge in [-0.3, -0.25) is 9.59 Å². The zero-order valence-electron chi connectivity index (χ0n) is 18.6. The third-order valence-corrected chi connectivity index (χ3v) is 5.44. The molecule has 1 N–H and O–H groups in total. The van der Waals surface area contributed by atoms with Crippen LogP contribution in [-0.4, -0.2) is 50.1 Å². The van der Waals surface area contributed by atoms with E-state index in [1.54, 1.807) is 54.4 Å². The highest BCUT2D eigenvalue weighted by Crippen LogP contribution is 2.23. The second-order valence-electron chi connectivity index (χ2n) is 7.78. The molecule has 7 nitrogen and oxygen atoms in total. The second-order valence-corrected chi connectivity index (χ2v) is 7.78. The van der Waals surface area contributed by atoms with E-state index in [4.69, 9.17) is 9.15 Å². The highest BCUT2D eigenvalue weighted by molar-refractivity contribution is 6.05. The smallest absolute Gasteiger partial charge is 0.270 e. The van der Waals surface area contributed by atoms with E-state index in [1.165, 1.54) is 6.26 Å². The quantitative estimate of drug-likeness (QED) is 0.563. The SMILES string of the molecule is CN(Cc1ccccc1N1CCOCC1)C(=O)C(=Cc1ccco1)NC(=O)c1ccccc1. The third kappa shape index (κ3) is 5.70. The molecular formula is C26H27N3O4. The summed E-state index contributed by atoms with van der Waals surface area (Å²) >= 11 is 0. The lowest BCUT2D eigenvalue weighted by molar-refractivity contribution is -0.126. The van der Waals surface area contributed by atoms with Gasteiger partial charge in [0, 0.05) is 44.0 Å². The summed E-state index contributed by atoms with van der Waals surface area (Å²) in [6.07, 6.45) is 3.07. The molecule has 0 bridgehead atoms. The van der Waals surface area contributed by atoms with Crippen molar-refractivity contribution in [1.82, 2.24) is 10.2 Å². The van der Waals surface area contributed by atoms with Crippen molar-refractivity contribution in [3.63, 3.8) is 0 Å². The maximum absolute atomic E-state index is 13.4. The van der Waals surface area contributed by atoms with Crippen molar-refractivity contribution in [2.75, 3.05) is 38.3 Å². The number of benzene rings is 2. The number of anilines is 1. The van der Waals surface area contributed by atoms with Gasteiger partial charge in [0.2, 0.25) is 0 Å². The second kappa shape index (κ2) is 10.7. The molecule has 4 rings (SSSR count). The number of hydrogen-bond acceptors (Lipinski definition) is 5. The summed E-state index contributed by atoms with van der Waals surface area (Å²) in [5, 5.41) is 2.76. The molecule has 170 valence electrons. The van der Waals surface area contributed by atoms with Crippen LogP contribution in [0.1, 0.15) is 21.7 Å². The van der Waals surface area contributed by atoms with Gasteiger partial charge in [-0.2, -0.15) is 0 Å². The molecule has 0 spiro atoms. The lowest BCUT2D eigenvalue weighted by Crippen LogP contribution is -2.38. The molecule has 0 saturated carbocycles. The van der Waals surface area contributed by atoms with Gasteiger partial charge in [-0.25, -0.2) is 0 Å². The number of rotatable bonds is 7. The number of nitrogens with one attached hydrogen (secondary N) is 1. The van der Waals surface area contributed by atoms with Gasteiger partial charge in [0.15, 0.2) is 0 Å². The van der Waals surface area contributed by atoms with Crippen molar-refractivity contribution in [2.24, 2.45) is 0 Å². The Hall–Kier alpha value is -3.84. The molecule has 1 saturated heterocycles. The molecule has 1 fully saturated rings. The van der Waals surface area contributed by atoms with Crippen molar-refractivity contribution in [2.45, 2.75) is 6.54 Å². The lowest BCUT2D eigenvalue weighted by atomic mass is 10.1. The molecule has 0 atom stereocenters. The predicted molar refractivity (Wildman–Crippen MR) is 127 cm³/mol. The van der Waals surface area contributed by atoms with E-state index in [0.717, 1.165) is 24.3 Å². The number of amides is 2. The summed E-state index contributed by atoms with van der Waals surface area (Å²) in [4.78, 5) is 30.0. The molecule has 0 radical (unpaired) electrons. The first-order chi connectivity index (χ1) is 16.1. The predicted octanol–water partition coefficient (Wildman–Crippen LogP) is 3.55. The molecule has 2 amide bonds. The van der Waals surface area contributed by atoms with Gasteiger partial charge in [0.05, 0.1) is 19.5 Å². The average molecular weight is 446 g/mol. The highest BCUT2D eigenvalue weighted by atomic mass is 16.5. The van der Waals surface area contributed by atoms with Gasteiger partial charge >= 0.3 is 0 Å². The number of furan rings is 1. The van der Waals surface area contributed by atoms with E-state index in [9.17, 15) is 9.59 Å². The molecule has 1 aromatic heterocycles. The zero-order chi connectivity index (χ0) is 23.0. The van der Waals surface area contributed by atoms with Crippen LogP contribution in [-0.2, 0) is 16.1 Å². The van der Waals surface area contributed by atoms with Crippen LogP contribution in [0, 0.1) is 0 Å². The van der Waals surface area contributed by atoms with Gasteiger partial charge in [0.25, 0.3) is 11.8 Å². The molecule has 2 heterocycles. The maximum atomic E-state index is 13.4. The standard InChI is InChI=1S/C26H27N3O4/c1-28(19-21-10-5-6-12-24(21)29-13-16-32-17-14-29)26(31)23(18-22-11-7-15-33-22)27-25(30)20-8-3-2-4-9-20/h2-12,15,18H,13-14,16-17,19H2,1H3,(H,27,30). The monoisotopic (exact) mass is 445 g/mol. The van der Waals surface area contributed by atoms with Gasteiger partial charge < -0.3 is 24.3 Å². The minimum atomic E-state index is -0.358. The Morgan fingerprint density at radius 3 is 2.45 bits per heavy atom. The van der Waals surface area contributed by atoms with Gasteiger partial charge in [-0.15, -0.1) is 0 Å². The van der Waals surface area contributed by atoms with E-state index in [-0.39, 0.29) is 17.5 Å². The Morgan fingerprint density at radius 1 is 1.00 bits per heavy atom. The molecule has 1 aliphatic rings. The van der Waals surface area contributed by atoms with Crippen LogP contribution in [0.3, 0.4) is 0 Å². The van der Waals surface area contributed by atoms with Crippen molar-refractivity contribution in [3.8, 4) is 0 Å². The molecule has 3 aromatic rings. The van der Waals surface area contributed by atoms with E-state index in [1.807, 2.05) is 24.3 Å². The number of hydrogen-bond donors (Lipinski definition) is 1. The fourth-order valence-corrected chi connectivity index (χ4v) is 3.74. The summed E-state index contributed by atoms with van der Waals surface area (Å²) in [7, 11) is 1.73. The highest BCUT2D eigenvalue weighted by Gasteiger charge is 2.21. The van der Waals surface area contributed by atoms with Crippen LogP contribution in [0.5, 0.6) is 0 Å². The van der Waals surface area contributed by atoms with E-state index in [0.29, 0.717) is 31.1 Å².